The maximum atomic E-state index is 12.2. The lowest BCUT2D eigenvalue weighted by Gasteiger charge is -2.34. The average Bonchev–Trinajstić information content (AvgIpc) is 2.47. The van der Waals surface area contributed by atoms with Gasteiger partial charge >= 0.3 is 12.0 Å². The van der Waals surface area contributed by atoms with Crippen LogP contribution in [0.3, 0.4) is 0 Å². The van der Waals surface area contributed by atoms with E-state index in [4.69, 9.17) is 5.11 Å². The molecular formula is C14H24N2O3S. The quantitative estimate of drug-likeness (QED) is 0.838. The molecule has 0 aromatic carbocycles. The van der Waals surface area contributed by atoms with E-state index in [1.807, 2.05) is 11.8 Å². The Hall–Kier alpha value is -0.910. The number of urea groups is 1. The Morgan fingerprint density at radius 3 is 2.50 bits per heavy atom. The molecule has 2 fully saturated rings. The molecule has 114 valence electrons. The third kappa shape index (κ3) is 4.04. The van der Waals surface area contributed by atoms with Gasteiger partial charge in [-0.15, -0.1) is 0 Å². The Morgan fingerprint density at radius 1 is 1.20 bits per heavy atom. The number of thioether (sulfide) groups is 1. The van der Waals surface area contributed by atoms with Crippen molar-refractivity contribution >= 4 is 23.8 Å². The van der Waals surface area contributed by atoms with Gasteiger partial charge in [0.05, 0.1) is 5.92 Å². The normalized spacial score (nSPS) is 28.1. The maximum Gasteiger partial charge on any atom is 0.317 e. The van der Waals surface area contributed by atoms with Crippen LogP contribution in [0.5, 0.6) is 0 Å². The van der Waals surface area contributed by atoms with Crippen molar-refractivity contribution < 1.29 is 14.7 Å². The fraction of sp³-hybridized carbons (Fsp3) is 0.857. The standard InChI is InChI=1S/C14H24N2O3S/c1-20-12-4-2-3-11(9-12)15-14(19)16-7-5-10(6-8-16)13(17)18/h10-12H,2-9H2,1H3,(H,15,19)(H,17,18). The van der Waals surface area contributed by atoms with E-state index < -0.39 is 5.97 Å². The van der Waals surface area contributed by atoms with Crippen molar-refractivity contribution in [1.82, 2.24) is 10.2 Å². The first-order valence-electron chi connectivity index (χ1n) is 7.41. The van der Waals surface area contributed by atoms with Gasteiger partial charge < -0.3 is 15.3 Å². The maximum absolute atomic E-state index is 12.2. The van der Waals surface area contributed by atoms with Crippen LogP contribution in [-0.4, -0.2) is 52.6 Å². The number of piperidine rings is 1. The molecule has 5 nitrogen and oxygen atoms in total. The zero-order valence-corrected chi connectivity index (χ0v) is 12.8. The van der Waals surface area contributed by atoms with Gasteiger partial charge in [-0.3, -0.25) is 4.79 Å². The van der Waals surface area contributed by atoms with Gasteiger partial charge in [-0.25, -0.2) is 4.79 Å². The minimum absolute atomic E-state index is 0.0133. The second-order valence-corrected chi connectivity index (χ2v) is 6.91. The molecule has 1 saturated carbocycles. The number of rotatable bonds is 3. The average molecular weight is 300 g/mol. The third-order valence-electron chi connectivity index (χ3n) is 4.42. The lowest BCUT2D eigenvalue weighted by atomic mass is 9.95. The zero-order valence-electron chi connectivity index (χ0n) is 12.0. The summed E-state index contributed by atoms with van der Waals surface area (Å²) < 4.78 is 0. The van der Waals surface area contributed by atoms with E-state index in [0.29, 0.717) is 31.2 Å². The molecule has 1 saturated heterocycles. The van der Waals surface area contributed by atoms with Crippen molar-refractivity contribution in [2.75, 3.05) is 19.3 Å². The molecule has 0 radical (unpaired) electrons. The third-order valence-corrected chi connectivity index (χ3v) is 5.51. The molecule has 0 aromatic rings. The number of nitrogens with zero attached hydrogens (tertiary/aromatic N) is 1. The molecule has 2 amide bonds. The van der Waals surface area contributed by atoms with Crippen molar-refractivity contribution in [3.8, 4) is 0 Å². The molecule has 6 heteroatoms. The molecule has 2 aliphatic rings. The summed E-state index contributed by atoms with van der Waals surface area (Å²) in [6, 6.07) is 0.270. The highest BCUT2D eigenvalue weighted by atomic mass is 32.2. The van der Waals surface area contributed by atoms with E-state index in [-0.39, 0.29) is 18.0 Å². The number of hydrogen-bond acceptors (Lipinski definition) is 3. The lowest BCUT2D eigenvalue weighted by Crippen LogP contribution is -2.49. The molecule has 0 aromatic heterocycles. The minimum atomic E-state index is -0.736. The van der Waals surface area contributed by atoms with Gasteiger partial charge in [0, 0.05) is 24.4 Å². The number of hydrogen-bond donors (Lipinski definition) is 2. The highest BCUT2D eigenvalue weighted by Crippen LogP contribution is 2.27. The molecule has 0 bridgehead atoms. The van der Waals surface area contributed by atoms with Crippen LogP contribution in [0.15, 0.2) is 0 Å². The zero-order chi connectivity index (χ0) is 14.5. The van der Waals surface area contributed by atoms with Gasteiger partial charge in [0.15, 0.2) is 0 Å². The number of carbonyl (C=O) groups is 2. The van der Waals surface area contributed by atoms with Crippen molar-refractivity contribution in [1.29, 1.82) is 0 Å². The van der Waals surface area contributed by atoms with Crippen molar-refractivity contribution in [2.24, 2.45) is 5.92 Å². The molecule has 0 spiro atoms. The monoisotopic (exact) mass is 300 g/mol. The van der Waals surface area contributed by atoms with Crippen LogP contribution in [0, 0.1) is 5.92 Å². The van der Waals surface area contributed by atoms with Gasteiger partial charge in [-0.1, -0.05) is 6.42 Å². The van der Waals surface area contributed by atoms with E-state index >= 15 is 0 Å². The van der Waals surface area contributed by atoms with Crippen LogP contribution in [0.25, 0.3) is 0 Å². The van der Waals surface area contributed by atoms with E-state index in [1.54, 1.807) is 4.90 Å². The summed E-state index contributed by atoms with van der Waals surface area (Å²) in [4.78, 5) is 24.9. The minimum Gasteiger partial charge on any atom is -0.481 e. The second-order valence-electron chi connectivity index (χ2n) is 5.77. The summed E-state index contributed by atoms with van der Waals surface area (Å²) in [5.41, 5.74) is 0. The molecule has 2 unspecified atom stereocenters. The van der Waals surface area contributed by atoms with Crippen molar-refractivity contribution in [3.05, 3.63) is 0 Å². The first-order valence-corrected chi connectivity index (χ1v) is 8.70. The summed E-state index contributed by atoms with van der Waals surface area (Å²) in [7, 11) is 0. The molecular weight excluding hydrogens is 276 g/mol. The highest BCUT2D eigenvalue weighted by molar-refractivity contribution is 7.99. The number of amides is 2. The number of likely N-dealkylation sites (tertiary alicyclic amines) is 1. The van der Waals surface area contributed by atoms with Gasteiger partial charge in [0.2, 0.25) is 0 Å². The number of aliphatic carboxylic acids is 1. The fourth-order valence-corrected chi connectivity index (χ4v) is 3.91. The van der Waals surface area contributed by atoms with E-state index in [0.717, 1.165) is 12.8 Å². The van der Waals surface area contributed by atoms with E-state index in [1.165, 1.54) is 12.8 Å². The second kappa shape index (κ2) is 7.20. The molecule has 1 aliphatic heterocycles. The Morgan fingerprint density at radius 2 is 1.90 bits per heavy atom. The summed E-state index contributed by atoms with van der Waals surface area (Å²) in [6.07, 6.45) is 7.81. The van der Waals surface area contributed by atoms with Gasteiger partial charge in [-0.05, 0) is 38.4 Å². The number of carboxylic acids is 1. The van der Waals surface area contributed by atoms with Crippen LogP contribution >= 0.6 is 11.8 Å². The number of carbonyl (C=O) groups excluding carboxylic acids is 1. The Balaban J connectivity index is 1.76. The van der Waals surface area contributed by atoms with Crippen molar-refractivity contribution in [2.45, 2.75) is 49.8 Å². The lowest BCUT2D eigenvalue weighted by molar-refractivity contribution is -0.143. The van der Waals surface area contributed by atoms with Crippen LogP contribution < -0.4 is 5.32 Å². The Kier molecular flexibility index (Phi) is 5.57. The summed E-state index contributed by atoms with van der Waals surface area (Å²) in [6.45, 7) is 1.11. The predicted octanol–water partition coefficient (Wildman–Crippen LogP) is 2.17. The van der Waals surface area contributed by atoms with Crippen LogP contribution in [0.4, 0.5) is 4.79 Å². The van der Waals surface area contributed by atoms with E-state index in [2.05, 4.69) is 11.6 Å². The molecule has 1 heterocycles. The topological polar surface area (TPSA) is 69.6 Å². The Labute approximate surface area is 124 Å². The van der Waals surface area contributed by atoms with Crippen molar-refractivity contribution in [3.63, 3.8) is 0 Å². The summed E-state index contributed by atoms with van der Waals surface area (Å²) in [5.74, 6) is -1.02. The first-order chi connectivity index (χ1) is 9.60. The Bertz CT molecular complexity index is 356. The summed E-state index contributed by atoms with van der Waals surface area (Å²) in [5, 5.41) is 12.7. The molecule has 2 atom stereocenters. The smallest absolute Gasteiger partial charge is 0.317 e. The predicted molar refractivity (Wildman–Crippen MR) is 80.0 cm³/mol. The molecule has 1 aliphatic carbocycles. The van der Waals surface area contributed by atoms with Crippen LogP contribution in [0.2, 0.25) is 0 Å². The van der Waals surface area contributed by atoms with Gasteiger partial charge in [0.25, 0.3) is 0 Å². The highest BCUT2D eigenvalue weighted by Gasteiger charge is 2.29. The van der Waals surface area contributed by atoms with E-state index in [9.17, 15) is 9.59 Å². The molecule has 2 rings (SSSR count). The molecule has 2 N–H and O–H groups in total. The number of nitrogens with one attached hydrogen (secondary N) is 1. The van der Waals surface area contributed by atoms with Crippen LogP contribution in [0.1, 0.15) is 38.5 Å². The van der Waals surface area contributed by atoms with Gasteiger partial charge in [0.1, 0.15) is 0 Å². The largest absolute Gasteiger partial charge is 0.481 e. The number of carboxylic acid groups (broad SMARTS) is 1. The fourth-order valence-electron chi connectivity index (χ4n) is 3.09. The SMILES string of the molecule is CSC1CCCC(NC(=O)N2CCC(C(=O)O)CC2)C1. The summed E-state index contributed by atoms with van der Waals surface area (Å²) >= 11 is 1.89. The van der Waals surface area contributed by atoms with Crippen LogP contribution in [-0.2, 0) is 4.79 Å². The first kappa shape index (κ1) is 15.5. The van der Waals surface area contributed by atoms with Gasteiger partial charge in [-0.2, -0.15) is 11.8 Å². The molecule has 20 heavy (non-hydrogen) atoms.